The summed E-state index contributed by atoms with van der Waals surface area (Å²) in [4.78, 5) is 0.959. The molecule has 224 valence electrons. The van der Waals surface area contributed by atoms with Crippen LogP contribution in [0.25, 0.3) is 17.1 Å². The molecule has 0 N–H and O–H groups in total. The number of aromatic nitrogens is 7. The average Bonchev–Trinajstić information content (AvgIpc) is 3.56. The Morgan fingerprint density at radius 3 is 1.98 bits per heavy atom. The van der Waals surface area contributed by atoms with Crippen molar-refractivity contribution in [3.63, 3.8) is 0 Å². The van der Waals surface area contributed by atoms with E-state index >= 15 is 0 Å². The van der Waals surface area contributed by atoms with E-state index in [1.807, 2.05) is 0 Å². The van der Waals surface area contributed by atoms with Gasteiger partial charge in [0.1, 0.15) is 6.54 Å². The average molecular weight is 699 g/mol. The third kappa shape index (κ3) is 7.04. The fourth-order valence-corrected chi connectivity index (χ4v) is 5.83. The van der Waals surface area contributed by atoms with Crippen LogP contribution >= 0.6 is 58.2 Å². The van der Waals surface area contributed by atoms with Gasteiger partial charge in [-0.25, -0.2) is 0 Å². The van der Waals surface area contributed by atoms with Crippen LogP contribution in [0.2, 0.25) is 20.1 Å². The SMILES string of the molecule is FC(F)(F)c1cc(-c2nnn(Cc3nnc(SCc4c(Cl)cccc4Cl)n3-c3ccc(Cl)c(Cl)c3)n2)cc(C(F)(F)F)c1. The van der Waals surface area contributed by atoms with E-state index in [0.29, 0.717) is 49.4 Å². The zero-order valence-corrected chi connectivity index (χ0v) is 24.8. The number of alkyl halides is 6. The van der Waals surface area contributed by atoms with Crippen LogP contribution in [-0.2, 0) is 24.7 Å². The lowest BCUT2D eigenvalue weighted by atomic mass is 10.0. The van der Waals surface area contributed by atoms with Crippen LogP contribution in [-0.4, -0.2) is 35.0 Å². The largest absolute Gasteiger partial charge is 0.416 e. The highest BCUT2D eigenvalue weighted by Gasteiger charge is 2.37. The molecule has 0 radical (unpaired) electrons. The Morgan fingerprint density at radius 2 is 1.37 bits per heavy atom. The van der Waals surface area contributed by atoms with E-state index in [2.05, 4.69) is 25.6 Å². The first-order chi connectivity index (χ1) is 20.2. The van der Waals surface area contributed by atoms with Crippen LogP contribution in [0.4, 0.5) is 26.3 Å². The maximum Gasteiger partial charge on any atom is 0.416 e. The second-order valence-electron chi connectivity index (χ2n) is 8.76. The summed E-state index contributed by atoms with van der Waals surface area (Å²) in [6.45, 7) is -0.223. The summed E-state index contributed by atoms with van der Waals surface area (Å²) < 4.78 is 81.6. The van der Waals surface area contributed by atoms with E-state index in [1.165, 1.54) is 11.8 Å². The number of rotatable bonds is 7. The second kappa shape index (κ2) is 12.2. The van der Waals surface area contributed by atoms with Gasteiger partial charge < -0.3 is 0 Å². The van der Waals surface area contributed by atoms with Crippen molar-refractivity contribution < 1.29 is 26.3 Å². The van der Waals surface area contributed by atoms with Crippen molar-refractivity contribution >= 4 is 58.2 Å². The molecule has 0 spiro atoms. The fourth-order valence-electron chi connectivity index (χ4n) is 3.82. The first-order valence-electron chi connectivity index (χ1n) is 11.7. The molecule has 2 aromatic heterocycles. The van der Waals surface area contributed by atoms with E-state index in [-0.39, 0.29) is 23.5 Å². The number of halogens is 10. The minimum atomic E-state index is -5.04. The Bertz CT molecular complexity index is 1750. The summed E-state index contributed by atoms with van der Waals surface area (Å²) in [7, 11) is 0. The van der Waals surface area contributed by atoms with Crippen LogP contribution in [0.3, 0.4) is 0 Å². The Balaban J connectivity index is 1.50. The zero-order valence-electron chi connectivity index (χ0n) is 20.9. The van der Waals surface area contributed by atoms with Gasteiger partial charge >= 0.3 is 12.4 Å². The normalized spacial score (nSPS) is 12.2. The van der Waals surface area contributed by atoms with Gasteiger partial charge in [0.05, 0.1) is 26.9 Å². The van der Waals surface area contributed by atoms with Gasteiger partial charge in [0.2, 0.25) is 5.82 Å². The topological polar surface area (TPSA) is 74.3 Å². The quantitative estimate of drug-likeness (QED) is 0.125. The molecule has 5 rings (SSSR count). The fraction of sp³-hybridized carbons (Fsp3) is 0.160. The zero-order chi connectivity index (χ0) is 31.1. The standard InChI is InChI=1S/C25H13Cl4F6N7S/c26-17-2-1-3-18(27)16(17)11-43-23-38-36-21(42(23)15-4-5-19(28)20(29)9-15)10-41-39-22(37-40-41)12-6-13(24(30,31)32)8-14(7-12)25(33,34)35/h1-9H,10-11H2. The van der Waals surface area contributed by atoms with Crippen molar-refractivity contribution in [3.05, 3.63) is 97.2 Å². The van der Waals surface area contributed by atoms with Gasteiger partial charge in [-0.2, -0.15) is 31.1 Å². The maximum atomic E-state index is 13.3. The summed E-state index contributed by atoms with van der Waals surface area (Å²) in [5.41, 5.74) is -2.38. The number of tetrazole rings is 1. The molecule has 5 aromatic rings. The maximum absolute atomic E-state index is 13.3. The molecule has 7 nitrogen and oxygen atoms in total. The van der Waals surface area contributed by atoms with E-state index in [4.69, 9.17) is 46.4 Å². The minimum Gasteiger partial charge on any atom is -0.272 e. The molecule has 0 fully saturated rings. The van der Waals surface area contributed by atoms with Crippen molar-refractivity contribution in [1.82, 2.24) is 35.0 Å². The summed E-state index contributed by atoms with van der Waals surface area (Å²) in [5.74, 6) is 0.0797. The predicted octanol–water partition coefficient (Wildman–Crippen LogP) is 8.91. The number of nitrogens with zero attached hydrogens (tertiary/aromatic N) is 7. The van der Waals surface area contributed by atoms with Crippen LogP contribution in [0, 0.1) is 0 Å². The van der Waals surface area contributed by atoms with Gasteiger partial charge in [0.25, 0.3) is 0 Å². The van der Waals surface area contributed by atoms with Gasteiger partial charge in [-0.1, -0.05) is 64.2 Å². The van der Waals surface area contributed by atoms with E-state index in [0.717, 1.165) is 4.80 Å². The Labute approximate surface area is 262 Å². The Kier molecular flexibility index (Phi) is 8.87. The second-order valence-corrected chi connectivity index (χ2v) is 11.3. The van der Waals surface area contributed by atoms with Gasteiger partial charge in [-0.05, 0) is 59.3 Å². The van der Waals surface area contributed by atoms with Gasteiger partial charge in [-0.15, -0.1) is 20.4 Å². The molecular formula is C25H13Cl4F6N7S. The Morgan fingerprint density at radius 1 is 0.721 bits per heavy atom. The molecular weight excluding hydrogens is 686 g/mol. The van der Waals surface area contributed by atoms with Gasteiger partial charge in [0, 0.05) is 21.4 Å². The molecule has 0 bridgehead atoms. The number of hydrogen-bond acceptors (Lipinski definition) is 6. The molecule has 18 heteroatoms. The molecule has 0 aliphatic carbocycles. The lowest BCUT2D eigenvalue weighted by Gasteiger charge is -2.13. The van der Waals surface area contributed by atoms with Gasteiger partial charge in [-0.3, -0.25) is 4.57 Å². The third-order valence-electron chi connectivity index (χ3n) is 5.85. The van der Waals surface area contributed by atoms with Crippen molar-refractivity contribution in [2.24, 2.45) is 0 Å². The van der Waals surface area contributed by atoms with E-state index < -0.39 is 34.9 Å². The highest BCUT2D eigenvalue weighted by molar-refractivity contribution is 7.98. The van der Waals surface area contributed by atoms with E-state index in [1.54, 1.807) is 41.0 Å². The minimum absolute atomic E-state index is 0.0165. The molecule has 43 heavy (non-hydrogen) atoms. The lowest BCUT2D eigenvalue weighted by Crippen LogP contribution is -2.12. The summed E-state index contributed by atoms with van der Waals surface area (Å²) >= 11 is 26.2. The first kappa shape index (κ1) is 31.4. The van der Waals surface area contributed by atoms with E-state index in [9.17, 15) is 26.3 Å². The first-order valence-corrected chi connectivity index (χ1v) is 14.2. The molecule has 3 aromatic carbocycles. The summed E-state index contributed by atoms with van der Waals surface area (Å²) in [5, 5.41) is 21.7. The smallest absolute Gasteiger partial charge is 0.272 e. The molecule has 0 atom stereocenters. The van der Waals surface area contributed by atoms with Crippen LogP contribution in [0.1, 0.15) is 22.5 Å². The number of benzene rings is 3. The van der Waals surface area contributed by atoms with Gasteiger partial charge in [0.15, 0.2) is 11.0 Å². The van der Waals surface area contributed by atoms with Crippen LogP contribution in [0.5, 0.6) is 0 Å². The highest BCUT2D eigenvalue weighted by Crippen LogP contribution is 2.38. The van der Waals surface area contributed by atoms with Crippen molar-refractivity contribution in [2.75, 3.05) is 0 Å². The molecule has 2 heterocycles. The third-order valence-corrected chi connectivity index (χ3v) is 8.25. The molecule has 0 saturated heterocycles. The molecule has 0 saturated carbocycles. The summed E-state index contributed by atoms with van der Waals surface area (Å²) in [6, 6.07) is 10.9. The predicted molar refractivity (Wildman–Crippen MR) is 150 cm³/mol. The van der Waals surface area contributed by atoms with Crippen LogP contribution in [0.15, 0.2) is 59.8 Å². The monoisotopic (exact) mass is 697 g/mol. The summed E-state index contributed by atoms with van der Waals surface area (Å²) in [6.07, 6.45) is -10.1. The highest BCUT2D eigenvalue weighted by atomic mass is 35.5. The number of thioether (sulfide) groups is 1. The van der Waals surface area contributed by atoms with Crippen molar-refractivity contribution in [1.29, 1.82) is 0 Å². The molecule has 0 aliphatic heterocycles. The Hall–Kier alpha value is -3.04. The van der Waals surface area contributed by atoms with Crippen molar-refractivity contribution in [3.8, 4) is 17.1 Å². The molecule has 0 amide bonds. The molecule has 0 aliphatic rings. The van der Waals surface area contributed by atoms with Crippen LogP contribution < -0.4 is 0 Å². The number of hydrogen-bond donors (Lipinski definition) is 0. The molecule has 0 unspecified atom stereocenters. The van der Waals surface area contributed by atoms with Crippen molar-refractivity contribution in [2.45, 2.75) is 29.8 Å². The lowest BCUT2D eigenvalue weighted by molar-refractivity contribution is -0.143.